The van der Waals surface area contributed by atoms with Gasteiger partial charge in [-0.05, 0) is 35.4 Å². The van der Waals surface area contributed by atoms with Gasteiger partial charge in [-0.3, -0.25) is 4.79 Å². The third kappa shape index (κ3) is 4.44. The molecule has 0 bridgehead atoms. The average molecular weight is 419 g/mol. The fourth-order valence-corrected chi connectivity index (χ4v) is 3.54. The summed E-state index contributed by atoms with van der Waals surface area (Å²) in [5.41, 5.74) is 2.10. The van der Waals surface area contributed by atoms with Gasteiger partial charge in [0.15, 0.2) is 11.6 Å². The Morgan fingerprint density at radius 1 is 1.00 bits per heavy atom. The van der Waals surface area contributed by atoms with Gasteiger partial charge in [0.25, 0.3) is 5.56 Å². The fraction of sp³-hybridized carbons (Fsp3) is 0.160. The number of ether oxygens (including phenoxy) is 2. The second-order valence-corrected chi connectivity index (χ2v) is 7.15. The van der Waals surface area contributed by atoms with Crippen molar-refractivity contribution in [1.82, 2.24) is 4.57 Å². The monoisotopic (exact) mass is 419 g/mol. The number of hydrogen-bond acceptors (Lipinski definition) is 4. The summed E-state index contributed by atoms with van der Waals surface area (Å²) in [7, 11) is 1.56. The van der Waals surface area contributed by atoms with Gasteiger partial charge >= 0.3 is 0 Å². The van der Waals surface area contributed by atoms with Crippen LogP contribution in [0.2, 0.25) is 0 Å². The Morgan fingerprint density at radius 3 is 2.48 bits per heavy atom. The number of halogens is 1. The Bertz CT molecular complexity index is 1250. The minimum absolute atomic E-state index is 0.00791. The SMILES string of the molecule is COc1ccc2c(-c3ccccc3)cc(=O)n(CC(O)COc3ccccc3F)c2c1. The maximum atomic E-state index is 13.8. The minimum atomic E-state index is -1.02. The summed E-state index contributed by atoms with van der Waals surface area (Å²) < 4.78 is 26.0. The van der Waals surface area contributed by atoms with E-state index in [-0.39, 0.29) is 24.5 Å². The van der Waals surface area contributed by atoms with Gasteiger partial charge in [-0.1, -0.05) is 42.5 Å². The van der Waals surface area contributed by atoms with E-state index in [4.69, 9.17) is 9.47 Å². The Kier molecular flexibility index (Phi) is 6.00. The number of nitrogens with zero attached hydrogens (tertiary/aromatic N) is 1. The molecule has 0 aliphatic heterocycles. The first-order chi connectivity index (χ1) is 15.1. The van der Waals surface area contributed by atoms with E-state index in [1.165, 1.54) is 16.7 Å². The molecule has 0 saturated carbocycles. The van der Waals surface area contributed by atoms with Crippen molar-refractivity contribution in [3.8, 4) is 22.6 Å². The molecule has 158 valence electrons. The van der Waals surface area contributed by atoms with Crippen LogP contribution in [0.15, 0.2) is 83.7 Å². The molecule has 6 heteroatoms. The summed E-state index contributed by atoms with van der Waals surface area (Å²) in [4.78, 5) is 13.0. The average Bonchev–Trinajstić information content (AvgIpc) is 2.80. The molecule has 5 nitrogen and oxygen atoms in total. The van der Waals surface area contributed by atoms with E-state index < -0.39 is 11.9 Å². The first-order valence-corrected chi connectivity index (χ1v) is 9.89. The number of methoxy groups -OCH3 is 1. The molecule has 3 aromatic carbocycles. The summed E-state index contributed by atoms with van der Waals surface area (Å²) in [6, 6.07) is 22.7. The highest BCUT2D eigenvalue weighted by atomic mass is 19.1. The molecule has 0 radical (unpaired) electrons. The zero-order chi connectivity index (χ0) is 21.8. The van der Waals surface area contributed by atoms with Crippen LogP contribution in [0.3, 0.4) is 0 Å². The van der Waals surface area contributed by atoms with Crippen LogP contribution in [0, 0.1) is 5.82 Å². The first-order valence-electron chi connectivity index (χ1n) is 9.89. The van der Waals surface area contributed by atoms with Gasteiger partial charge < -0.3 is 19.1 Å². The minimum Gasteiger partial charge on any atom is -0.497 e. The molecule has 1 aromatic heterocycles. The van der Waals surface area contributed by atoms with E-state index >= 15 is 0 Å². The van der Waals surface area contributed by atoms with E-state index in [9.17, 15) is 14.3 Å². The van der Waals surface area contributed by atoms with Crippen LogP contribution in [0.1, 0.15) is 0 Å². The molecule has 0 aliphatic carbocycles. The molecule has 1 N–H and O–H groups in total. The van der Waals surface area contributed by atoms with Crippen molar-refractivity contribution < 1.29 is 19.0 Å². The lowest BCUT2D eigenvalue weighted by molar-refractivity contribution is 0.0907. The fourth-order valence-electron chi connectivity index (χ4n) is 3.54. The number of rotatable bonds is 7. The molecule has 1 unspecified atom stereocenters. The highest BCUT2D eigenvalue weighted by Gasteiger charge is 2.15. The van der Waals surface area contributed by atoms with Gasteiger partial charge in [-0.15, -0.1) is 0 Å². The van der Waals surface area contributed by atoms with Gasteiger partial charge in [0, 0.05) is 17.5 Å². The van der Waals surface area contributed by atoms with E-state index in [1.807, 2.05) is 42.5 Å². The second-order valence-electron chi connectivity index (χ2n) is 7.15. The summed E-state index contributed by atoms with van der Waals surface area (Å²) in [5, 5.41) is 11.4. The van der Waals surface area contributed by atoms with E-state index in [1.54, 1.807) is 31.4 Å². The van der Waals surface area contributed by atoms with Crippen LogP contribution in [0.4, 0.5) is 4.39 Å². The molecule has 1 heterocycles. The Morgan fingerprint density at radius 2 is 1.74 bits per heavy atom. The van der Waals surface area contributed by atoms with Crippen molar-refractivity contribution >= 4 is 10.9 Å². The topological polar surface area (TPSA) is 60.7 Å². The number of aliphatic hydroxyl groups is 1. The van der Waals surface area contributed by atoms with Crippen LogP contribution < -0.4 is 15.0 Å². The third-order valence-electron chi connectivity index (χ3n) is 5.07. The van der Waals surface area contributed by atoms with Crippen LogP contribution in [0.25, 0.3) is 22.0 Å². The zero-order valence-electron chi connectivity index (χ0n) is 17.0. The molecule has 0 fully saturated rings. The first kappa shape index (κ1) is 20.6. The summed E-state index contributed by atoms with van der Waals surface area (Å²) in [6.45, 7) is -0.161. The summed E-state index contributed by atoms with van der Waals surface area (Å²) in [6.07, 6.45) is -1.02. The molecular formula is C25H22FNO4. The zero-order valence-corrected chi connectivity index (χ0v) is 17.0. The number of fused-ring (bicyclic) bond motifs is 1. The second kappa shape index (κ2) is 9.02. The van der Waals surface area contributed by atoms with Crippen LogP contribution >= 0.6 is 0 Å². The maximum Gasteiger partial charge on any atom is 0.251 e. The van der Waals surface area contributed by atoms with Crippen molar-refractivity contribution in [3.05, 3.63) is 95.0 Å². The van der Waals surface area contributed by atoms with Crippen molar-refractivity contribution in [2.24, 2.45) is 0 Å². The lowest BCUT2D eigenvalue weighted by Gasteiger charge is -2.18. The van der Waals surface area contributed by atoms with Crippen LogP contribution in [-0.4, -0.2) is 29.5 Å². The van der Waals surface area contributed by atoms with Gasteiger partial charge in [-0.25, -0.2) is 4.39 Å². The maximum absolute atomic E-state index is 13.8. The van der Waals surface area contributed by atoms with Crippen molar-refractivity contribution in [1.29, 1.82) is 0 Å². The van der Waals surface area contributed by atoms with E-state index in [0.717, 1.165) is 16.5 Å². The molecule has 4 aromatic rings. The highest BCUT2D eigenvalue weighted by Crippen LogP contribution is 2.29. The number of aliphatic hydroxyl groups excluding tert-OH is 1. The third-order valence-corrected chi connectivity index (χ3v) is 5.07. The Hall–Kier alpha value is -3.64. The van der Waals surface area contributed by atoms with E-state index in [2.05, 4.69) is 0 Å². The molecular weight excluding hydrogens is 397 g/mol. The van der Waals surface area contributed by atoms with Crippen LogP contribution in [0.5, 0.6) is 11.5 Å². The number of hydrogen-bond donors (Lipinski definition) is 1. The van der Waals surface area contributed by atoms with Gasteiger partial charge in [0.2, 0.25) is 0 Å². The normalized spacial score (nSPS) is 12.0. The van der Waals surface area contributed by atoms with Gasteiger partial charge in [0.05, 0.1) is 19.2 Å². The molecule has 31 heavy (non-hydrogen) atoms. The summed E-state index contributed by atoms with van der Waals surface area (Å²) in [5.74, 6) is 0.150. The number of pyridine rings is 1. The van der Waals surface area contributed by atoms with Gasteiger partial charge in [0.1, 0.15) is 18.5 Å². The van der Waals surface area contributed by atoms with Gasteiger partial charge in [-0.2, -0.15) is 0 Å². The van der Waals surface area contributed by atoms with Crippen molar-refractivity contribution in [3.63, 3.8) is 0 Å². The molecule has 1 atom stereocenters. The smallest absolute Gasteiger partial charge is 0.251 e. The number of aromatic nitrogens is 1. The lowest BCUT2D eigenvalue weighted by Crippen LogP contribution is -2.30. The lowest BCUT2D eigenvalue weighted by atomic mass is 10.0. The largest absolute Gasteiger partial charge is 0.497 e. The molecule has 4 rings (SSSR count). The predicted octanol–water partition coefficient (Wildman–Crippen LogP) is 4.26. The molecule has 0 spiro atoms. The quantitative estimate of drug-likeness (QED) is 0.486. The van der Waals surface area contributed by atoms with Crippen molar-refractivity contribution in [2.75, 3.05) is 13.7 Å². The number of benzene rings is 3. The standard InChI is InChI=1S/C25H22FNO4/c1-30-19-11-12-20-21(17-7-3-2-4-8-17)14-25(29)27(23(20)13-19)15-18(28)16-31-24-10-6-5-9-22(24)26/h2-14,18,28H,15-16H2,1H3. The number of para-hydroxylation sites is 1. The molecule has 0 saturated heterocycles. The van der Waals surface area contributed by atoms with Crippen LogP contribution in [-0.2, 0) is 6.54 Å². The summed E-state index contributed by atoms with van der Waals surface area (Å²) >= 11 is 0. The van der Waals surface area contributed by atoms with E-state index in [0.29, 0.717) is 11.3 Å². The van der Waals surface area contributed by atoms with Crippen molar-refractivity contribution in [2.45, 2.75) is 12.6 Å². The highest BCUT2D eigenvalue weighted by molar-refractivity contribution is 5.95. The molecule has 0 amide bonds. The Balaban J connectivity index is 1.69. The molecule has 0 aliphatic rings. The predicted molar refractivity (Wildman–Crippen MR) is 118 cm³/mol. The Labute approximate surface area is 178 Å².